The van der Waals surface area contributed by atoms with Gasteiger partial charge in [-0.1, -0.05) is 20.8 Å². The largest absolute Gasteiger partial charge is 0.353 e. The summed E-state index contributed by atoms with van der Waals surface area (Å²) >= 11 is 0. The van der Waals surface area contributed by atoms with Crippen molar-refractivity contribution in [1.82, 2.24) is 10.2 Å². The lowest BCUT2D eigenvalue weighted by Crippen LogP contribution is -2.51. The van der Waals surface area contributed by atoms with Gasteiger partial charge in [0.1, 0.15) is 0 Å². The minimum Gasteiger partial charge on any atom is -0.353 e. The first-order valence-electron chi connectivity index (χ1n) is 6.80. The molecule has 0 unspecified atom stereocenters. The van der Waals surface area contributed by atoms with Crippen LogP contribution in [-0.4, -0.2) is 41.9 Å². The quantitative estimate of drug-likeness (QED) is 0.767. The van der Waals surface area contributed by atoms with E-state index in [1.54, 1.807) is 0 Å². The van der Waals surface area contributed by atoms with E-state index in [0.29, 0.717) is 19.5 Å². The van der Waals surface area contributed by atoms with Crippen LogP contribution in [0.15, 0.2) is 0 Å². The Morgan fingerprint density at radius 2 is 1.89 bits per heavy atom. The van der Waals surface area contributed by atoms with E-state index in [4.69, 9.17) is 5.73 Å². The van der Waals surface area contributed by atoms with Crippen molar-refractivity contribution in [2.75, 3.05) is 13.1 Å². The normalized spacial score (nSPS) is 18.8. The first-order chi connectivity index (χ1) is 8.45. The molecule has 0 bridgehead atoms. The molecule has 0 spiro atoms. The predicted octanol–water partition coefficient (Wildman–Crippen LogP) is 0.487. The Hall–Kier alpha value is -1.10. The van der Waals surface area contributed by atoms with Gasteiger partial charge in [-0.3, -0.25) is 9.59 Å². The van der Waals surface area contributed by atoms with Crippen LogP contribution in [0.5, 0.6) is 0 Å². The number of likely N-dealkylation sites (tertiary alicyclic amines) is 1. The van der Waals surface area contributed by atoms with Crippen molar-refractivity contribution >= 4 is 11.8 Å². The average molecular weight is 255 g/mol. The number of carbonyl (C=O) groups excluding carboxylic acids is 2. The van der Waals surface area contributed by atoms with E-state index in [9.17, 15) is 9.59 Å². The Labute approximate surface area is 109 Å². The summed E-state index contributed by atoms with van der Waals surface area (Å²) in [5.41, 5.74) is 5.74. The minimum absolute atomic E-state index is 0.0122. The van der Waals surface area contributed by atoms with Crippen LogP contribution >= 0.6 is 0 Å². The van der Waals surface area contributed by atoms with Crippen molar-refractivity contribution in [3.8, 4) is 0 Å². The van der Waals surface area contributed by atoms with Gasteiger partial charge >= 0.3 is 0 Å². The van der Waals surface area contributed by atoms with Crippen molar-refractivity contribution in [2.24, 2.45) is 11.7 Å². The van der Waals surface area contributed by atoms with Gasteiger partial charge in [0.25, 0.3) is 0 Å². The fourth-order valence-corrected chi connectivity index (χ4v) is 2.02. The highest BCUT2D eigenvalue weighted by atomic mass is 16.2. The highest BCUT2D eigenvalue weighted by Gasteiger charge is 2.26. The summed E-state index contributed by atoms with van der Waals surface area (Å²) in [6, 6.07) is -0.186. The number of nitrogens with one attached hydrogen (secondary N) is 1. The molecule has 5 nitrogen and oxygen atoms in total. The second-order valence-electron chi connectivity index (χ2n) is 5.28. The number of rotatable bonds is 4. The molecule has 1 aliphatic rings. The maximum Gasteiger partial charge on any atom is 0.239 e. The molecule has 104 valence electrons. The van der Waals surface area contributed by atoms with Crippen LogP contribution in [0.1, 0.15) is 40.0 Å². The predicted molar refractivity (Wildman–Crippen MR) is 70.8 cm³/mol. The Morgan fingerprint density at radius 3 is 2.33 bits per heavy atom. The third kappa shape index (κ3) is 3.98. The molecule has 0 aromatic rings. The van der Waals surface area contributed by atoms with Gasteiger partial charge in [0.15, 0.2) is 0 Å². The van der Waals surface area contributed by atoms with E-state index in [1.165, 1.54) is 0 Å². The van der Waals surface area contributed by atoms with Gasteiger partial charge in [0.2, 0.25) is 11.8 Å². The molecule has 3 N–H and O–H groups in total. The third-order valence-corrected chi connectivity index (χ3v) is 3.43. The van der Waals surface area contributed by atoms with Crippen molar-refractivity contribution < 1.29 is 9.59 Å². The number of hydrogen-bond acceptors (Lipinski definition) is 3. The molecule has 1 rings (SSSR count). The van der Waals surface area contributed by atoms with Crippen LogP contribution < -0.4 is 11.1 Å². The number of hydrogen-bond donors (Lipinski definition) is 2. The summed E-state index contributed by atoms with van der Waals surface area (Å²) in [6.07, 6.45) is 2.31. The van der Waals surface area contributed by atoms with Crippen LogP contribution in [0.3, 0.4) is 0 Å². The topological polar surface area (TPSA) is 75.4 Å². The Bertz CT molecular complexity index is 297. The Balaban J connectivity index is 2.37. The van der Waals surface area contributed by atoms with Crippen LogP contribution in [0.25, 0.3) is 0 Å². The fraction of sp³-hybridized carbons (Fsp3) is 0.846. The second kappa shape index (κ2) is 6.73. The van der Waals surface area contributed by atoms with E-state index >= 15 is 0 Å². The number of piperidine rings is 1. The lowest BCUT2D eigenvalue weighted by Gasteiger charge is -2.34. The smallest absolute Gasteiger partial charge is 0.239 e. The van der Waals surface area contributed by atoms with Gasteiger partial charge in [0, 0.05) is 25.0 Å². The molecule has 0 saturated carbocycles. The van der Waals surface area contributed by atoms with Crippen LogP contribution in [0.2, 0.25) is 0 Å². The second-order valence-corrected chi connectivity index (χ2v) is 5.28. The lowest BCUT2D eigenvalue weighted by atomic mass is 10.0. The zero-order chi connectivity index (χ0) is 13.7. The molecule has 2 amide bonds. The van der Waals surface area contributed by atoms with Crippen molar-refractivity contribution in [1.29, 1.82) is 0 Å². The highest BCUT2D eigenvalue weighted by Crippen LogP contribution is 2.12. The SMILES string of the molecule is CC[C@H](N)C(=O)N1CCC(NC(=O)C(C)C)CC1. The molecule has 0 aromatic carbocycles. The third-order valence-electron chi connectivity index (χ3n) is 3.43. The van der Waals surface area contributed by atoms with E-state index in [0.717, 1.165) is 12.8 Å². The maximum absolute atomic E-state index is 11.9. The highest BCUT2D eigenvalue weighted by molar-refractivity contribution is 5.81. The molecule has 18 heavy (non-hydrogen) atoms. The minimum atomic E-state index is -0.383. The van der Waals surface area contributed by atoms with Gasteiger partial charge in [0.05, 0.1) is 6.04 Å². The van der Waals surface area contributed by atoms with Gasteiger partial charge < -0.3 is 16.0 Å². The zero-order valence-electron chi connectivity index (χ0n) is 11.6. The van der Waals surface area contributed by atoms with Crippen molar-refractivity contribution in [3.05, 3.63) is 0 Å². The van der Waals surface area contributed by atoms with E-state index in [1.807, 2.05) is 25.7 Å². The summed E-state index contributed by atoms with van der Waals surface area (Å²) in [7, 11) is 0. The Morgan fingerprint density at radius 1 is 1.33 bits per heavy atom. The van der Waals surface area contributed by atoms with Gasteiger partial charge in [-0.05, 0) is 19.3 Å². The molecule has 1 heterocycles. The van der Waals surface area contributed by atoms with E-state index < -0.39 is 0 Å². The molecule has 1 atom stereocenters. The summed E-state index contributed by atoms with van der Waals surface area (Å²) in [5.74, 6) is 0.134. The van der Waals surface area contributed by atoms with Gasteiger partial charge in [-0.15, -0.1) is 0 Å². The first-order valence-corrected chi connectivity index (χ1v) is 6.80. The van der Waals surface area contributed by atoms with E-state index in [-0.39, 0.29) is 29.8 Å². The summed E-state index contributed by atoms with van der Waals surface area (Å²) in [4.78, 5) is 25.3. The van der Waals surface area contributed by atoms with E-state index in [2.05, 4.69) is 5.32 Å². The average Bonchev–Trinajstić information content (AvgIpc) is 2.37. The molecule has 0 aromatic heterocycles. The number of carbonyl (C=O) groups is 2. The summed E-state index contributed by atoms with van der Waals surface area (Å²) in [6.45, 7) is 7.06. The maximum atomic E-state index is 11.9. The monoisotopic (exact) mass is 255 g/mol. The van der Waals surface area contributed by atoms with Crippen LogP contribution in [0.4, 0.5) is 0 Å². The number of amides is 2. The summed E-state index contributed by atoms with van der Waals surface area (Å²) < 4.78 is 0. The standard InChI is InChI=1S/C13H25N3O2/c1-4-11(14)13(18)16-7-5-10(6-8-16)15-12(17)9(2)3/h9-11H,4-8,14H2,1-3H3,(H,15,17)/t11-/m0/s1. The van der Waals surface area contributed by atoms with Gasteiger partial charge in [-0.25, -0.2) is 0 Å². The van der Waals surface area contributed by atoms with Crippen LogP contribution in [0, 0.1) is 5.92 Å². The molecule has 5 heteroatoms. The summed E-state index contributed by atoms with van der Waals surface area (Å²) in [5, 5.41) is 3.01. The van der Waals surface area contributed by atoms with Gasteiger partial charge in [-0.2, -0.15) is 0 Å². The fourth-order valence-electron chi connectivity index (χ4n) is 2.02. The molecule has 1 saturated heterocycles. The number of nitrogens with zero attached hydrogens (tertiary/aromatic N) is 1. The molecular weight excluding hydrogens is 230 g/mol. The van der Waals surface area contributed by atoms with Crippen LogP contribution in [-0.2, 0) is 9.59 Å². The molecule has 1 aliphatic heterocycles. The first kappa shape index (κ1) is 15.0. The van der Waals surface area contributed by atoms with Crippen molar-refractivity contribution in [2.45, 2.75) is 52.1 Å². The molecule has 0 radical (unpaired) electrons. The molecule has 0 aliphatic carbocycles. The molecule has 1 fully saturated rings. The molecular formula is C13H25N3O2. The Kier molecular flexibility index (Phi) is 5.59. The lowest BCUT2D eigenvalue weighted by molar-refractivity contribution is -0.134. The number of nitrogens with two attached hydrogens (primary N) is 1. The zero-order valence-corrected chi connectivity index (χ0v) is 11.6. The van der Waals surface area contributed by atoms with Crippen molar-refractivity contribution in [3.63, 3.8) is 0 Å².